The molecule has 3 rings (SSSR count). The standard InChI is InChI=1S/C16H15BrFN3O2/c17-12-1-2-14(21-5-7-23-8-6-21)13(10-12)20-16(22)11-3-4-19-15(18)9-11/h1-4,9-10H,5-8H2,(H,20,22). The largest absolute Gasteiger partial charge is 0.378 e. The predicted octanol–water partition coefficient (Wildman–Crippen LogP) is 3.07. The van der Waals surface area contributed by atoms with Gasteiger partial charge >= 0.3 is 0 Å². The van der Waals surface area contributed by atoms with Gasteiger partial charge in [0.1, 0.15) is 0 Å². The summed E-state index contributed by atoms with van der Waals surface area (Å²) >= 11 is 3.41. The van der Waals surface area contributed by atoms with Gasteiger partial charge in [-0.2, -0.15) is 4.39 Å². The number of rotatable bonds is 3. The van der Waals surface area contributed by atoms with E-state index in [0.717, 1.165) is 29.3 Å². The molecule has 7 heteroatoms. The first-order valence-electron chi connectivity index (χ1n) is 7.18. The van der Waals surface area contributed by atoms with Crippen molar-refractivity contribution in [3.05, 3.63) is 52.5 Å². The van der Waals surface area contributed by atoms with Gasteiger partial charge in [-0.3, -0.25) is 4.79 Å². The van der Waals surface area contributed by atoms with Gasteiger partial charge in [0.25, 0.3) is 5.91 Å². The van der Waals surface area contributed by atoms with Crippen molar-refractivity contribution in [1.29, 1.82) is 0 Å². The number of carbonyl (C=O) groups excluding carboxylic acids is 1. The van der Waals surface area contributed by atoms with Crippen LogP contribution in [0.15, 0.2) is 41.0 Å². The highest BCUT2D eigenvalue weighted by atomic mass is 79.9. The summed E-state index contributed by atoms with van der Waals surface area (Å²) in [7, 11) is 0. The zero-order valence-electron chi connectivity index (χ0n) is 12.3. The molecule has 1 saturated heterocycles. The van der Waals surface area contributed by atoms with Crippen LogP contribution in [0.25, 0.3) is 0 Å². The van der Waals surface area contributed by atoms with Crippen molar-refractivity contribution < 1.29 is 13.9 Å². The highest BCUT2D eigenvalue weighted by Gasteiger charge is 2.17. The Labute approximate surface area is 141 Å². The molecule has 2 heterocycles. The first-order valence-corrected chi connectivity index (χ1v) is 7.98. The Morgan fingerprint density at radius 3 is 2.78 bits per heavy atom. The second-order valence-electron chi connectivity index (χ2n) is 5.08. The number of ether oxygens (including phenoxy) is 1. The fraction of sp³-hybridized carbons (Fsp3) is 0.250. The van der Waals surface area contributed by atoms with Crippen molar-refractivity contribution in [2.75, 3.05) is 36.5 Å². The minimum absolute atomic E-state index is 0.227. The van der Waals surface area contributed by atoms with E-state index in [1.165, 1.54) is 12.3 Å². The molecule has 1 aliphatic heterocycles. The van der Waals surface area contributed by atoms with Crippen LogP contribution in [0.2, 0.25) is 0 Å². The number of nitrogens with zero attached hydrogens (tertiary/aromatic N) is 2. The van der Waals surface area contributed by atoms with E-state index in [-0.39, 0.29) is 11.5 Å². The third-order valence-electron chi connectivity index (χ3n) is 3.55. The van der Waals surface area contributed by atoms with Gasteiger partial charge in [0.2, 0.25) is 5.95 Å². The normalized spacial score (nSPS) is 14.6. The Morgan fingerprint density at radius 1 is 1.26 bits per heavy atom. The number of pyridine rings is 1. The number of hydrogen-bond donors (Lipinski definition) is 1. The van der Waals surface area contributed by atoms with E-state index in [9.17, 15) is 9.18 Å². The van der Waals surface area contributed by atoms with E-state index in [2.05, 4.69) is 31.1 Å². The molecule has 0 bridgehead atoms. The second kappa shape index (κ2) is 7.06. The summed E-state index contributed by atoms with van der Waals surface area (Å²) < 4.78 is 19.4. The van der Waals surface area contributed by atoms with Crippen LogP contribution in [0.4, 0.5) is 15.8 Å². The molecule has 1 aromatic heterocycles. The van der Waals surface area contributed by atoms with E-state index in [4.69, 9.17) is 4.74 Å². The van der Waals surface area contributed by atoms with Crippen LogP contribution in [-0.2, 0) is 4.74 Å². The molecule has 0 unspecified atom stereocenters. The molecular weight excluding hydrogens is 365 g/mol. The third kappa shape index (κ3) is 3.86. The number of carbonyl (C=O) groups is 1. The van der Waals surface area contributed by atoms with Crippen molar-refractivity contribution in [1.82, 2.24) is 4.98 Å². The number of aromatic nitrogens is 1. The van der Waals surface area contributed by atoms with E-state index < -0.39 is 5.95 Å². The van der Waals surface area contributed by atoms with Crippen LogP contribution in [0.1, 0.15) is 10.4 Å². The van der Waals surface area contributed by atoms with Gasteiger partial charge in [-0.05, 0) is 24.3 Å². The zero-order chi connectivity index (χ0) is 16.2. The molecule has 0 atom stereocenters. The van der Waals surface area contributed by atoms with E-state index >= 15 is 0 Å². The minimum atomic E-state index is -0.680. The van der Waals surface area contributed by atoms with Crippen LogP contribution >= 0.6 is 15.9 Å². The molecule has 2 aromatic rings. The maximum atomic E-state index is 13.2. The number of benzene rings is 1. The Kier molecular flexibility index (Phi) is 4.88. The summed E-state index contributed by atoms with van der Waals surface area (Å²) in [6.45, 7) is 2.82. The Bertz CT molecular complexity index is 720. The average molecular weight is 380 g/mol. The van der Waals surface area contributed by atoms with Gasteiger partial charge in [-0.25, -0.2) is 4.98 Å². The molecule has 1 aliphatic rings. The van der Waals surface area contributed by atoms with Gasteiger partial charge < -0.3 is 15.0 Å². The summed E-state index contributed by atoms with van der Waals surface area (Å²) in [6.07, 6.45) is 1.27. The molecule has 0 radical (unpaired) electrons. The molecule has 1 N–H and O–H groups in total. The first kappa shape index (κ1) is 15.9. The van der Waals surface area contributed by atoms with Crippen molar-refractivity contribution >= 4 is 33.2 Å². The van der Waals surface area contributed by atoms with Crippen LogP contribution in [0, 0.1) is 5.95 Å². The molecule has 1 aromatic carbocycles. The van der Waals surface area contributed by atoms with E-state index in [1.54, 1.807) is 0 Å². The third-order valence-corrected chi connectivity index (χ3v) is 4.04. The number of hydrogen-bond acceptors (Lipinski definition) is 4. The van der Waals surface area contributed by atoms with Crippen molar-refractivity contribution in [2.45, 2.75) is 0 Å². The van der Waals surface area contributed by atoms with Gasteiger partial charge in [-0.1, -0.05) is 15.9 Å². The van der Waals surface area contributed by atoms with Gasteiger partial charge in [0.15, 0.2) is 0 Å². The predicted molar refractivity (Wildman–Crippen MR) is 89.3 cm³/mol. The number of amides is 1. The lowest BCUT2D eigenvalue weighted by atomic mass is 10.2. The molecule has 120 valence electrons. The molecular formula is C16H15BrFN3O2. The van der Waals surface area contributed by atoms with Crippen molar-refractivity contribution in [3.63, 3.8) is 0 Å². The summed E-state index contributed by atoms with van der Waals surface area (Å²) in [5, 5.41) is 2.85. The average Bonchev–Trinajstić information content (AvgIpc) is 2.56. The number of halogens is 2. The monoisotopic (exact) mass is 379 g/mol. The van der Waals surface area contributed by atoms with Crippen LogP contribution in [0.3, 0.4) is 0 Å². The van der Waals surface area contributed by atoms with Crippen LogP contribution < -0.4 is 10.2 Å². The van der Waals surface area contributed by atoms with E-state index in [1.807, 2.05) is 18.2 Å². The fourth-order valence-corrected chi connectivity index (χ4v) is 2.79. The number of anilines is 2. The highest BCUT2D eigenvalue weighted by Crippen LogP contribution is 2.30. The lowest BCUT2D eigenvalue weighted by Crippen LogP contribution is -2.36. The molecule has 23 heavy (non-hydrogen) atoms. The molecule has 1 amide bonds. The summed E-state index contributed by atoms with van der Waals surface area (Å²) in [4.78, 5) is 18.0. The SMILES string of the molecule is O=C(Nc1cc(Br)ccc1N1CCOCC1)c1ccnc(F)c1. The number of nitrogens with one attached hydrogen (secondary N) is 1. The van der Waals surface area contributed by atoms with Gasteiger partial charge in [0.05, 0.1) is 24.6 Å². The topological polar surface area (TPSA) is 54.5 Å². The lowest BCUT2D eigenvalue weighted by Gasteiger charge is -2.30. The Balaban J connectivity index is 1.86. The Morgan fingerprint density at radius 2 is 2.04 bits per heavy atom. The zero-order valence-corrected chi connectivity index (χ0v) is 13.8. The molecule has 0 spiro atoms. The van der Waals surface area contributed by atoms with E-state index in [0.29, 0.717) is 18.9 Å². The summed E-state index contributed by atoms with van der Waals surface area (Å²) in [5.74, 6) is -1.06. The molecule has 0 aliphatic carbocycles. The van der Waals surface area contributed by atoms with Gasteiger partial charge in [-0.15, -0.1) is 0 Å². The molecule has 5 nitrogen and oxygen atoms in total. The highest BCUT2D eigenvalue weighted by molar-refractivity contribution is 9.10. The summed E-state index contributed by atoms with van der Waals surface area (Å²) in [5.41, 5.74) is 1.81. The van der Waals surface area contributed by atoms with Crippen LogP contribution in [-0.4, -0.2) is 37.2 Å². The molecule has 1 fully saturated rings. The smallest absolute Gasteiger partial charge is 0.255 e. The Hall–Kier alpha value is -1.99. The maximum Gasteiger partial charge on any atom is 0.255 e. The quantitative estimate of drug-likeness (QED) is 0.832. The summed E-state index contributed by atoms with van der Waals surface area (Å²) in [6, 6.07) is 8.29. The second-order valence-corrected chi connectivity index (χ2v) is 6.00. The maximum absolute atomic E-state index is 13.2. The van der Waals surface area contributed by atoms with Crippen LogP contribution in [0.5, 0.6) is 0 Å². The fourth-order valence-electron chi connectivity index (χ4n) is 2.43. The van der Waals surface area contributed by atoms with Crippen molar-refractivity contribution in [3.8, 4) is 0 Å². The molecule has 0 saturated carbocycles. The lowest BCUT2D eigenvalue weighted by molar-refractivity contribution is 0.102. The minimum Gasteiger partial charge on any atom is -0.378 e. The van der Waals surface area contributed by atoms with Gasteiger partial charge in [0, 0.05) is 35.4 Å². The first-order chi connectivity index (χ1) is 11.1. The van der Waals surface area contributed by atoms with Crippen molar-refractivity contribution in [2.24, 2.45) is 0 Å². The number of morpholine rings is 1.